The highest BCUT2D eigenvalue weighted by Crippen LogP contribution is 2.23. The van der Waals surface area contributed by atoms with Crippen LogP contribution in [0.15, 0.2) is 12.1 Å². The maximum Gasteiger partial charge on any atom is 0.424 e. The molecule has 94 valence electrons. The lowest BCUT2D eigenvalue weighted by molar-refractivity contribution is 0.101. The Labute approximate surface area is 106 Å². The highest BCUT2D eigenvalue weighted by molar-refractivity contribution is 7.09. The topological polar surface area (TPSA) is 97.1 Å². The Morgan fingerprint density at radius 2 is 2.17 bits per heavy atom. The van der Waals surface area contributed by atoms with Gasteiger partial charge in [0.15, 0.2) is 10.8 Å². The summed E-state index contributed by atoms with van der Waals surface area (Å²) < 4.78 is 5.22. The van der Waals surface area contributed by atoms with Crippen LogP contribution >= 0.6 is 11.5 Å². The molecule has 0 radical (unpaired) electrons. The minimum Gasteiger partial charge on any atom is -0.464 e. The number of hydrogen-bond donors (Lipinski definition) is 2. The lowest BCUT2D eigenvalue weighted by Gasteiger charge is -2.08. The number of amides is 1. The van der Waals surface area contributed by atoms with E-state index in [4.69, 9.17) is 5.11 Å². The van der Waals surface area contributed by atoms with Gasteiger partial charge in [-0.2, -0.15) is 4.37 Å². The van der Waals surface area contributed by atoms with Crippen LogP contribution < -0.4 is 5.43 Å². The third-order valence-corrected chi connectivity index (χ3v) is 3.02. The van der Waals surface area contributed by atoms with E-state index in [1.165, 1.54) is 11.6 Å². The molecule has 7 nitrogen and oxygen atoms in total. The lowest BCUT2D eigenvalue weighted by atomic mass is 10.3. The molecule has 0 atom stereocenters. The Bertz CT molecular complexity index is 616. The van der Waals surface area contributed by atoms with Crippen molar-refractivity contribution in [2.75, 3.05) is 5.43 Å². The maximum atomic E-state index is 11.4. The van der Waals surface area contributed by atoms with Crippen LogP contribution in [0.4, 0.5) is 4.79 Å². The van der Waals surface area contributed by atoms with Gasteiger partial charge >= 0.3 is 6.09 Å². The van der Waals surface area contributed by atoms with E-state index in [1.807, 2.05) is 0 Å². The number of aromatic nitrogens is 3. The molecule has 0 aliphatic heterocycles. The van der Waals surface area contributed by atoms with Gasteiger partial charge in [0.2, 0.25) is 0 Å². The number of nitrogens with zero attached hydrogens (tertiary/aromatic N) is 3. The van der Waals surface area contributed by atoms with Gasteiger partial charge in [-0.3, -0.25) is 4.79 Å². The van der Waals surface area contributed by atoms with Gasteiger partial charge in [-0.15, -0.1) is 0 Å². The van der Waals surface area contributed by atoms with E-state index in [0.717, 1.165) is 11.5 Å². The Kier molecular flexibility index (Phi) is 3.11. The summed E-state index contributed by atoms with van der Waals surface area (Å²) >= 11 is 1.14. The van der Waals surface area contributed by atoms with Crippen LogP contribution in [0.5, 0.6) is 0 Å². The first-order valence-corrected chi connectivity index (χ1v) is 5.79. The molecule has 2 rings (SSSR count). The summed E-state index contributed by atoms with van der Waals surface area (Å²) in [5.74, 6) is 0.360. The smallest absolute Gasteiger partial charge is 0.424 e. The van der Waals surface area contributed by atoms with Crippen LogP contribution in [0.3, 0.4) is 0 Å². The molecule has 0 aliphatic carbocycles. The fourth-order valence-electron chi connectivity index (χ4n) is 1.50. The Balaban J connectivity index is 2.53. The van der Waals surface area contributed by atoms with Gasteiger partial charge in [-0.1, -0.05) is 0 Å². The Hall–Kier alpha value is -2.22. The van der Waals surface area contributed by atoms with E-state index in [-0.39, 0.29) is 11.5 Å². The first-order valence-electron chi connectivity index (χ1n) is 5.02. The number of nitrogens with one attached hydrogen (secondary N) is 1. The van der Waals surface area contributed by atoms with Crippen LogP contribution in [-0.2, 0) is 0 Å². The van der Waals surface area contributed by atoms with Crippen molar-refractivity contribution in [2.45, 2.75) is 13.8 Å². The third kappa shape index (κ3) is 2.23. The summed E-state index contributed by atoms with van der Waals surface area (Å²) in [7, 11) is 0. The Morgan fingerprint density at radius 3 is 2.67 bits per heavy atom. The summed E-state index contributed by atoms with van der Waals surface area (Å²) in [6.45, 7) is 3.11. The summed E-state index contributed by atoms with van der Waals surface area (Å²) in [5.41, 5.74) is 2.91. The van der Waals surface area contributed by atoms with Crippen LogP contribution in [0.1, 0.15) is 23.2 Å². The molecular formula is C10H10N4O3S. The number of carbonyl (C=O) groups excluding carboxylic acids is 1. The van der Waals surface area contributed by atoms with Crippen LogP contribution in [0.25, 0.3) is 10.7 Å². The van der Waals surface area contributed by atoms with Crippen molar-refractivity contribution in [1.82, 2.24) is 14.0 Å². The molecule has 18 heavy (non-hydrogen) atoms. The zero-order valence-electron chi connectivity index (χ0n) is 9.67. The molecule has 2 aromatic heterocycles. The second kappa shape index (κ2) is 4.57. The molecule has 2 N–H and O–H groups in total. The van der Waals surface area contributed by atoms with Gasteiger partial charge in [0.05, 0.1) is 0 Å². The quantitative estimate of drug-likeness (QED) is 0.825. The average Bonchev–Trinajstić information content (AvgIpc) is 2.83. The van der Waals surface area contributed by atoms with E-state index in [9.17, 15) is 9.59 Å². The van der Waals surface area contributed by atoms with Crippen molar-refractivity contribution in [3.8, 4) is 10.7 Å². The molecule has 0 fully saturated rings. The van der Waals surface area contributed by atoms with E-state index in [1.54, 1.807) is 19.1 Å². The SMILES string of the molecule is CC(=O)c1ccc(-c2nc(C)ns2)n1NC(=O)O. The van der Waals surface area contributed by atoms with Crippen molar-refractivity contribution >= 4 is 23.4 Å². The molecule has 0 saturated carbocycles. The minimum absolute atomic E-state index is 0.240. The molecule has 0 saturated heterocycles. The van der Waals surface area contributed by atoms with Crippen molar-refractivity contribution < 1.29 is 14.7 Å². The van der Waals surface area contributed by atoms with Crippen molar-refractivity contribution in [3.05, 3.63) is 23.7 Å². The number of ketones is 1. The lowest BCUT2D eigenvalue weighted by Crippen LogP contribution is -2.24. The van der Waals surface area contributed by atoms with Gasteiger partial charge in [-0.05, 0) is 30.6 Å². The fraction of sp³-hybridized carbons (Fsp3) is 0.200. The molecule has 2 heterocycles. The zero-order chi connectivity index (χ0) is 13.3. The van der Waals surface area contributed by atoms with Crippen LogP contribution in [-0.4, -0.2) is 31.0 Å². The van der Waals surface area contributed by atoms with E-state index in [0.29, 0.717) is 16.5 Å². The molecule has 0 bridgehead atoms. The van der Waals surface area contributed by atoms with E-state index in [2.05, 4.69) is 14.8 Å². The number of hydrogen-bond acceptors (Lipinski definition) is 5. The largest absolute Gasteiger partial charge is 0.464 e. The maximum absolute atomic E-state index is 11.4. The third-order valence-electron chi connectivity index (χ3n) is 2.20. The number of carbonyl (C=O) groups is 2. The fourth-order valence-corrected chi connectivity index (χ4v) is 2.18. The second-order valence-electron chi connectivity index (χ2n) is 3.56. The van der Waals surface area contributed by atoms with Gasteiger partial charge in [0, 0.05) is 6.92 Å². The zero-order valence-corrected chi connectivity index (χ0v) is 10.5. The summed E-state index contributed by atoms with van der Waals surface area (Å²) in [4.78, 5) is 26.3. The van der Waals surface area contributed by atoms with E-state index < -0.39 is 6.09 Å². The average molecular weight is 266 g/mol. The first-order chi connectivity index (χ1) is 8.49. The molecule has 0 aromatic carbocycles. The summed E-state index contributed by atoms with van der Waals surface area (Å²) in [5, 5.41) is 9.34. The molecule has 0 unspecified atom stereocenters. The number of Topliss-reactive ketones (excluding diaryl/α,β-unsaturated/α-hetero) is 1. The standard InChI is InChI=1S/C10H10N4O3S/c1-5(15)7-3-4-8(14(7)12-10(16)17)9-11-6(2)13-18-9/h3-4,12H,1-2H3,(H,16,17). The molecular weight excluding hydrogens is 256 g/mol. The van der Waals surface area contributed by atoms with Crippen molar-refractivity contribution in [3.63, 3.8) is 0 Å². The van der Waals surface area contributed by atoms with Crippen molar-refractivity contribution in [1.29, 1.82) is 0 Å². The molecule has 2 aromatic rings. The summed E-state index contributed by atoms with van der Waals surface area (Å²) in [6, 6.07) is 3.18. The monoisotopic (exact) mass is 266 g/mol. The van der Waals surface area contributed by atoms with Crippen LogP contribution in [0.2, 0.25) is 0 Å². The molecule has 0 aliphatic rings. The normalized spacial score (nSPS) is 10.3. The van der Waals surface area contributed by atoms with Gasteiger partial charge in [0.1, 0.15) is 17.2 Å². The van der Waals surface area contributed by atoms with E-state index >= 15 is 0 Å². The predicted octanol–water partition coefficient (Wildman–Crippen LogP) is 1.74. The molecule has 1 amide bonds. The molecule has 0 spiro atoms. The number of aryl methyl sites for hydroxylation is 1. The number of rotatable bonds is 3. The van der Waals surface area contributed by atoms with Gasteiger partial charge in [0.25, 0.3) is 0 Å². The predicted molar refractivity (Wildman–Crippen MR) is 65.5 cm³/mol. The number of carboxylic acid groups (broad SMARTS) is 1. The highest BCUT2D eigenvalue weighted by Gasteiger charge is 2.17. The minimum atomic E-state index is -1.25. The molecule has 8 heteroatoms. The van der Waals surface area contributed by atoms with Gasteiger partial charge < -0.3 is 5.11 Å². The van der Waals surface area contributed by atoms with Crippen LogP contribution in [0, 0.1) is 6.92 Å². The van der Waals surface area contributed by atoms with Crippen molar-refractivity contribution in [2.24, 2.45) is 0 Å². The first kappa shape index (κ1) is 12.2. The Morgan fingerprint density at radius 1 is 1.44 bits per heavy atom. The second-order valence-corrected chi connectivity index (χ2v) is 4.31. The van der Waals surface area contributed by atoms with Gasteiger partial charge in [-0.25, -0.2) is 19.9 Å². The highest BCUT2D eigenvalue weighted by atomic mass is 32.1. The summed E-state index contributed by atoms with van der Waals surface area (Å²) in [6.07, 6.45) is -1.25.